The Morgan fingerprint density at radius 1 is 0.833 bits per heavy atom. The third-order valence-electron chi connectivity index (χ3n) is 3.67. The van der Waals surface area contributed by atoms with Crippen molar-refractivity contribution in [3.8, 4) is 0 Å². The molecule has 2 nitrogen and oxygen atoms in total. The molecule has 0 amide bonds. The smallest absolute Gasteiger partial charge is 0.190 e. The van der Waals surface area contributed by atoms with E-state index in [1.165, 1.54) is 0 Å². The molecular formula is C20H20O2S2. The standard InChI is InChI=1S/C20H20O2S2/c1-14(21)16-11-9-15(10-12-16)13-18(20(23-2)24-3)19(22)17-7-5-4-6-8-17/h4-12H,13H2,1-3H3. The van der Waals surface area contributed by atoms with Crippen LogP contribution in [0.15, 0.2) is 64.4 Å². The Hall–Kier alpha value is -1.78. The molecule has 4 heteroatoms. The van der Waals surface area contributed by atoms with Crippen LogP contribution in [0.25, 0.3) is 0 Å². The van der Waals surface area contributed by atoms with Crippen LogP contribution in [0.3, 0.4) is 0 Å². The lowest BCUT2D eigenvalue weighted by Crippen LogP contribution is -2.08. The van der Waals surface area contributed by atoms with E-state index < -0.39 is 0 Å². The van der Waals surface area contributed by atoms with Gasteiger partial charge in [-0.05, 0) is 25.0 Å². The number of hydrogen-bond donors (Lipinski definition) is 0. The van der Waals surface area contributed by atoms with E-state index in [-0.39, 0.29) is 11.6 Å². The topological polar surface area (TPSA) is 34.1 Å². The highest BCUT2D eigenvalue weighted by Crippen LogP contribution is 2.31. The van der Waals surface area contributed by atoms with Crippen molar-refractivity contribution in [2.45, 2.75) is 13.3 Å². The summed E-state index contributed by atoms with van der Waals surface area (Å²) in [4.78, 5) is 24.3. The van der Waals surface area contributed by atoms with Gasteiger partial charge in [0.05, 0.1) is 0 Å². The Kier molecular flexibility index (Phi) is 6.88. The highest BCUT2D eigenvalue weighted by Gasteiger charge is 2.17. The number of Topliss-reactive ketones (excluding diaryl/α,β-unsaturated/α-hetero) is 2. The normalized spacial score (nSPS) is 10.3. The first-order chi connectivity index (χ1) is 11.6. The third kappa shape index (κ3) is 4.62. The zero-order valence-electron chi connectivity index (χ0n) is 14.0. The summed E-state index contributed by atoms with van der Waals surface area (Å²) >= 11 is 3.19. The largest absolute Gasteiger partial charge is 0.295 e. The van der Waals surface area contributed by atoms with Crippen molar-refractivity contribution < 1.29 is 9.59 Å². The maximum Gasteiger partial charge on any atom is 0.190 e. The molecule has 0 aliphatic carbocycles. The second-order valence-corrected chi connectivity index (χ2v) is 7.19. The summed E-state index contributed by atoms with van der Waals surface area (Å²) in [5, 5.41) is 0. The number of allylic oxidation sites excluding steroid dienone is 1. The van der Waals surface area contributed by atoms with Crippen LogP contribution in [0.4, 0.5) is 0 Å². The molecule has 2 aromatic rings. The van der Waals surface area contributed by atoms with E-state index in [2.05, 4.69) is 0 Å². The third-order valence-corrected chi connectivity index (χ3v) is 5.90. The van der Waals surface area contributed by atoms with Crippen LogP contribution in [-0.2, 0) is 6.42 Å². The van der Waals surface area contributed by atoms with Crippen molar-refractivity contribution in [1.29, 1.82) is 0 Å². The Bertz CT molecular complexity index is 741. The molecule has 0 spiro atoms. The van der Waals surface area contributed by atoms with Crippen LogP contribution in [0.1, 0.15) is 33.2 Å². The number of benzene rings is 2. The summed E-state index contributed by atoms with van der Waals surface area (Å²) in [6, 6.07) is 16.8. The van der Waals surface area contributed by atoms with Gasteiger partial charge in [-0.3, -0.25) is 9.59 Å². The Morgan fingerprint density at radius 2 is 1.42 bits per heavy atom. The fourth-order valence-electron chi connectivity index (χ4n) is 2.40. The second-order valence-electron chi connectivity index (χ2n) is 5.30. The molecule has 2 aromatic carbocycles. The van der Waals surface area contributed by atoms with Crippen molar-refractivity contribution in [2.24, 2.45) is 0 Å². The summed E-state index contributed by atoms with van der Waals surface area (Å²) in [5.41, 5.74) is 3.22. The van der Waals surface area contributed by atoms with Crippen LogP contribution in [0.5, 0.6) is 0 Å². The van der Waals surface area contributed by atoms with E-state index in [1.54, 1.807) is 30.4 Å². The lowest BCUT2D eigenvalue weighted by molar-refractivity contribution is 0.101. The fraction of sp³-hybridized carbons (Fsp3) is 0.200. The fourth-order valence-corrected chi connectivity index (χ4v) is 3.89. The van der Waals surface area contributed by atoms with E-state index in [1.807, 2.05) is 67.1 Å². The van der Waals surface area contributed by atoms with E-state index in [9.17, 15) is 9.59 Å². The van der Waals surface area contributed by atoms with Gasteiger partial charge in [0.25, 0.3) is 0 Å². The van der Waals surface area contributed by atoms with E-state index >= 15 is 0 Å². The minimum atomic E-state index is 0.0478. The second kappa shape index (κ2) is 8.90. The average Bonchev–Trinajstić information content (AvgIpc) is 2.62. The molecule has 0 aliphatic rings. The van der Waals surface area contributed by atoms with Crippen LogP contribution >= 0.6 is 23.5 Å². The quantitative estimate of drug-likeness (QED) is 0.501. The minimum absolute atomic E-state index is 0.0478. The Labute approximate surface area is 151 Å². The summed E-state index contributed by atoms with van der Waals surface area (Å²) < 4.78 is 1.03. The molecule has 0 radical (unpaired) electrons. The molecule has 0 aliphatic heterocycles. The zero-order chi connectivity index (χ0) is 17.5. The Balaban J connectivity index is 2.36. The van der Waals surface area contributed by atoms with Gasteiger partial charge in [-0.15, -0.1) is 23.5 Å². The lowest BCUT2D eigenvalue weighted by Gasteiger charge is -2.12. The molecule has 124 valence electrons. The molecule has 0 N–H and O–H groups in total. The molecule has 24 heavy (non-hydrogen) atoms. The van der Waals surface area contributed by atoms with Gasteiger partial charge in [-0.2, -0.15) is 0 Å². The first-order valence-electron chi connectivity index (χ1n) is 7.57. The summed E-state index contributed by atoms with van der Waals surface area (Å²) in [7, 11) is 0. The Morgan fingerprint density at radius 3 is 1.92 bits per heavy atom. The van der Waals surface area contributed by atoms with Crippen LogP contribution < -0.4 is 0 Å². The number of rotatable bonds is 7. The summed E-state index contributed by atoms with van der Waals surface area (Å²) in [6.45, 7) is 1.55. The number of thioether (sulfide) groups is 2. The molecule has 2 rings (SSSR count). The van der Waals surface area contributed by atoms with Crippen molar-refractivity contribution in [2.75, 3.05) is 12.5 Å². The average molecular weight is 357 g/mol. The first kappa shape index (κ1) is 18.6. The highest BCUT2D eigenvalue weighted by atomic mass is 32.2. The van der Waals surface area contributed by atoms with Crippen molar-refractivity contribution >= 4 is 35.1 Å². The monoisotopic (exact) mass is 356 g/mol. The zero-order valence-corrected chi connectivity index (χ0v) is 15.7. The van der Waals surface area contributed by atoms with Crippen LogP contribution in [0.2, 0.25) is 0 Å². The molecule has 0 unspecified atom stereocenters. The van der Waals surface area contributed by atoms with Gasteiger partial charge in [-0.25, -0.2) is 0 Å². The van der Waals surface area contributed by atoms with Gasteiger partial charge in [0.15, 0.2) is 11.6 Å². The van der Waals surface area contributed by atoms with Gasteiger partial charge in [0.1, 0.15) is 0 Å². The van der Waals surface area contributed by atoms with Gasteiger partial charge in [0.2, 0.25) is 0 Å². The molecule has 0 aromatic heterocycles. The van der Waals surface area contributed by atoms with Crippen molar-refractivity contribution in [1.82, 2.24) is 0 Å². The van der Waals surface area contributed by atoms with Gasteiger partial charge in [0, 0.05) is 27.4 Å². The molecular weight excluding hydrogens is 336 g/mol. The van der Waals surface area contributed by atoms with E-state index in [0.717, 1.165) is 15.4 Å². The summed E-state index contributed by atoms with van der Waals surface area (Å²) in [6.07, 6.45) is 4.54. The van der Waals surface area contributed by atoms with Gasteiger partial charge < -0.3 is 0 Å². The van der Waals surface area contributed by atoms with E-state index in [4.69, 9.17) is 0 Å². The van der Waals surface area contributed by atoms with Gasteiger partial charge >= 0.3 is 0 Å². The minimum Gasteiger partial charge on any atom is -0.295 e. The number of ketones is 2. The summed E-state index contributed by atoms with van der Waals surface area (Å²) in [5.74, 6) is 0.108. The molecule has 0 heterocycles. The maximum absolute atomic E-state index is 12.9. The molecule has 0 saturated heterocycles. The maximum atomic E-state index is 12.9. The number of hydrogen-bond acceptors (Lipinski definition) is 4. The van der Waals surface area contributed by atoms with Crippen LogP contribution in [-0.4, -0.2) is 24.1 Å². The predicted molar refractivity (Wildman–Crippen MR) is 105 cm³/mol. The first-order valence-corrected chi connectivity index (χ1v) is 10.0. The molecule has 0 fully saturated rings. The molecule has 0 saturated carbocycles. The molecule has 0 bridgehead atoms. The molecule has 0 atom stereocenters. The lowest BCUT2D eigenvalue weighted by atomic mass is 9.97. The van der Waals surface area contributed by atoms with Crippen molar-refractivity contribution in [3.05, 3.63) is 81.1 Å². The number of carbonyl (C=O) groups is 2. The van der Waals surface area contributed by atoms with Gasteiger partial charge in [-0.1, -0.05) is 54.6 Å². The highest BCUT2D eigenvalue weighted by molar-refractivity contribution is 8.21. The SMILES string of the molecule is CSC(SC)=C(Cc1ccc(C(C)=O)cc1)C(=O)c1ccccc1. The number of carbonyl (C=O) groups excluding carboxylic acids is 2. The van der Waals surface area contributed by atoms with E-state index in [0.29, 0.717) is 17.5 Å². The van der Waals surface area contributed by atoms with Crippen LogP contribution in [0, 0.1) is 0 Å². The van der Waals surface area contributed by atoms with Crippen molar-refractivity contribution in [3.63, 3.8) is 0 Å². The predicted octanol–water partition coefficient (Wildman–Crippen LogP) is 5.25.